The molecule has 2 N–H and O–H groups in total. The zero-order valence-electron chi connectivity index (χ0n) is 18.6. The lowest BCUT2D eigenvalue weighted by atomic mass is 10.2. The molecule has 0 bridgehead atoms. The van der Waals surface area contributed by atoms with E-state index in [0.29, 0.717) is 12.8 Å². The molecule has 0 unspecified atom stereocenters. The van der Waals surface area contributed by atoms with E-state index in [1.165, 1.54) is 0 Å². The summed E-state index contributed by atoms with van der Waals surface area (Å²) in [6.45, 7) is 0. The van der Waals surface area contributed by atoms with Gasteiger partial charge in [-0.2, -0.15) is 22.0 Å². The van der Waals surface area contributed by atoms with Crippen LogP contribution in [-0.2, 0) is 9.59 Å². The first kappa shape index (κ1) is 25.8. The number of carbonyl (C=O) groups is 2. The second kappa shape index (κ2) is 17.1. The molecule has 2 amide bonds. The zero-order valence-corrected chi connectivity index (χ0v) is 19.4. The molecule has 0 aromatic heterocycles. The highest BCUT2D eigenvalue weighted by atomic mass is 32.2. The first-order valence-electron chi connectivity index (χ1n) is 10.9. The molecule has 7 heteroatoms. The van der Waals surface area contributed by atoms with E-state index in [4.69, 9.17) is 0 Å². The van der Waals surface area contributed by atoms with Crippen molar-refractivity contribution in [2.45, 2.75) is 25.7 Å². The highest BCUT2D eigenvalue weighted by molar-refractivity contribution is 7.99. The average molecular weight is 463 g/mol. The number of nitrogens with one attached hydrogen (secondary N) is 2. The van der Waals surface area contributed by atoms with Gasteiger partial charge in [0.1, 0.15) is 0 Å². The van der Waals surface area contributed by atoms with Gasteiger partial charge < -0.3 is 0 Å². The van der Waals surface area contributed by atoms with Crippen LogP contribution in [0.3, 0.4) is 0 Å². The summed E-state index contributed by atoms with van der Waals surface area (Å²) in [6, 6.07) is 19.8. The summed E-state index contributed by atoms with van der Waals surface area (Å²) in [5.41, 5.74) is 7.20. The minimum atomic E-state index is -0.0986. The third-order valence-corrected chi connectivity index (χ3v) is 5.42. The monoisotopic (exact) mass is 462 g/mol. The SMILES string of the molecule is O=C(CCCSCCCC(=O)N/N=C/C=C\c1ccccc1)N/N=C\C=C/c1ccccc1. The van der Waals surface area contributed by atoms with Crippen LogP contribution in [0.1, 0.15) is 36.8 Å². The Hall–Kier alpha value is -3.45. The fourth-order valence-corrected chi connectivity index (χ4v) is 3.53. The Bertz CT molecular complexity index is 864. The molecule has 0 aliphatic heterocycles. The molecule has 2 aromatic carbocycles. The van der Waals surface area contributed by atoms with E-state index in [1.54, 1.807) is 36.3 Å². The van der Waals surface area contributed by atoms with E-state index < -0.39 is 0 Å². The van der Waals surface area contributed by atoms with Crippen molar-refractivity contribution in [3.63, 3.8) is 0 Å². The number of allylic oxidation sites excluding steroid dienone is 2. The van der Waals surface area contributed by atoms with Gasteiger partial charge in [-0.05, 0) is 47.6 Å². The fourth-order valence-electron chi connectivity index (χ4n) is 2.62. The summed E-state index contributed by atoms with van der Waals surface area (Å²) in [4.78, 5) is 23.5. The molecule has 0 aliphatic carbocycles. The molecule has 0 spiro atoms. The minimum Gasteiger partial charge on any atom is -0.273 e. The van der Waals surface area contributed by atoms with Crippen LogP contribution in [0.5, 0.6) is 0 Å². The number of hydrogen-bond acceptors (Lipinski definition) is 5. The van der Waals surface area contributed by atoms with Crippen molar-refractivity contribution in [2.75, 3.05) is 11.5 Å². The summed E-state index contributed by atoms with van der Waals surface area (Å²) in [6.07, 6.45) is 12.9. The van der Waals surface area contributed by atoms with E-state index in [-0.39, 0.29) is 11.8 Å². The van der Waals surface area contributed by atoms with Crippen molar-refractivity contribution < 1.29 is 9.59 Å². The van der Waals surface area contributed by atoms with Crippen molar-refractivity contribution in [3.8, 4) is 0 Å². The van der Waals surface area contributed by atoms with Crippen LogP contribution in [0.2, 0.25) is 0 Å². The van der Waals surface area contributed by atoms with E-state index in [9.17, 15) is 9.59 Å². The number of rotatable bonds is 14. The van der Waals surface area contributed by atoms with Crippen LogP contribution >= 0.6 is 11.8 Å². The maximum absolute atomic E-state index is 11.8. The minimum absolute atomic E-state index is 0.0986. The molecule has 2 aromatic rings. The Labute approximate surface area is 199 Å². The van der Waals surface area contributed by atoms with E-state index in [1.807, 2.05) is 72.8 Å². The van der Waals surface area contributed by atoms with Crippen molar-refractivity contribution in [1.82, 2.24) is 10.9 Å². The molecule has 0 heterocycles. The quantitative estimate of drug-likeness (QED) is 0.238. The van der Waals surface area contributed by atoms with Gasteiger partial charge in [-0.25, -0.2) is 10.9 Å². The van der Waals surface area contributed by atoms with Crippen LogP contribution in [0.4, 0.5) is 0 Å². The van der Waals surface area contributed by atoms with Gasteiger partial charge in [-0.15, -0.1) is 0 Å². The van der Waals surface area contributed by atoms with Crippen molar-refractivity contribution in [3.05, 3.63) is 83.9 Å². The largest absolute Gasteiger partial charge is 0.273 e. The summed E-state index contributed by atoms with van der Waals surface area (Å²) in [7, 11) is 0. The van der Waals surface area contributed by atoms with Gasteiger partial charge in [0.15, 0.2) is 0 Å². The third kappa shape index (κ3) is 13.5. The van der Waals surface area contributed by atoms with Gasteiger partial charge >= 0.3 is 0 Å². The standard InChI is InChI=1S/C26H30N4O2S/c31-25(29-27-19-7-15-23-11-3-1-4-12-23)17-9-21-33-22-10-18-26(32)30-28-20-8-16-24-13-5-2-6-14-24/h1-8,11-16,19-20H,9-10,17-18,21-22H2,(H,29,31)(H,30,32)/b15-7-,16-8-,27-19-,28-20+. The van der Waals surface area contributed by atoms with Gasteiger partial charge in [0, 0.05) is 25.3 Å². The lowest BCUT2D eigenvalue weighted by Gasteiger charge is -2.02. The average Bonchev–Trinajstić information content (AvgIpc) is 2.84. The molecular formula is C26H30N4O2S. The molecule has 172 valence electrons. The second-order valence-corrected chi connectivity index (χ2v) is 8.21. The van der Waals surface area contributed by atoms with Crippen LogP contribution < -0.4 is 10.9 Å². The number of hydrazone groups is 2. The Balaban J connectivity index is 1.42. The number of amides is 2. The fraction of sp³-hybridized carbons (Fsp3) is 0.231. The number of benzene rings is 2. The topological polar surface area (TPSA) is 82.9 Å². The van der Waals surface area contributed by atoms with Crippen LogP contribution in [-0.4, -0.2) is 35.7 Å². The molecule has 2 rings (SSSR count). The maximum Gasteiger partial charge on any atom is 0.240 e. The Kier molecular flexibility index (Phi) is 13.4. The van der Waals surface area contributed by atoms with Crippen molar-refractivity contribution in [1.29, 1.82) is 0 Å². The molecule has 6 nitrogen and oxygen atoms in total. The first-order chi connectivity index (χ1) is 16.2. The molecule has 33 heavy (non-hydrogen) atoms. The molecule has 0 atom stereocenters. The van der Waals surface area contributed by atoms with Gasteiger partial charge in [0.2, 0.25) is 11.8 Å². The molecule has 0 saturated heterocycles. The second-order valence-electron chi connectivity index (χ2n) is 6.99. The van der Waals surface area contributed by atoms with Gasteiger partial charge in [-0.3, -0.25) is 9.59 Å². The van der Waals surface area contributed by atoms with Gasteiger partial charge in [-0.1, -0.05) is 72.8 Å². The Morgan fingerprint density at radius 2 is 1.12 bits per heavy atom. The molecular weight excluding hydrogens is 432 g/mol. The maximum atomic E-state index is 11.8. The predicted molar refractivity (Wildman–Crippen MR) is 140 cm³/mol. The van der Waals surface area contributed by atoms with Gasteiger partial charge in [0.25, 0.3) is 0 Å². The van der Waals surface area contributed by atoms with Crippen LogP contribution in [0.15, 0.2) is 83.0 Å². The summed E-state index contributed by atoms with van der Waals surface area (Å²) in [5.74, 6) is 1.54. The molecule has 0 saturated carbocycles. The van der Waals surface area contributed by atoms with Crippen LogP contribution in [0.25, 0.3) is 12.2 Å². The Morgan fingerprint density at radius 1 is 0.697 bits per heavy atom. The first-order valence-corrected chi connectivity index (χ1v) is 12.0. The molecule has 0 aliphatic rings. The summed E-state index contributed by atoms with van der Waals surface area (Å²) < 4.78 is 0. The van der Waals surface area contributed by atoms with Crippen molar-refractivity contribution in [2.24, 2.45) is 10.2 Å². The van der Waals surface area contributed by atoms with E-state index >= 15 is 0 Å². The number of thioether (sulfide) groups is 1. The van der Waals surface area contributed by atoms with Crippen LogP contribution in [0, 0.1) is 0 Å². The normalized spacial score (nSPS) is 11.6. The third-order valence-electron chi connectivity index (χ3n) is 4.26. The molecule has 0 fully saturated rings. The van der Waals surface area contributed by atoms with E-state index in [2.05, 4.69) is 21.1 Å². The number of nitrogens with zero attached hydrogens (tertiary/aromatic N) is 2. The predicted octanol–water partition coefficient (Wildman–Crippen LogP) is 4.91. The van der Waals surface area contributed by atoms with Gasteiger partial charge in [0.05, 0.1) is 0 Å². The summed E-state index contributed by atoms with van der Waals surface area (Å²) in [5, 5.41) is 7.81. The summed E-state index contributed by atoms with van der Waals surface area (Å²) >= 11 is 1.74. The zero-order chi connectivity index (χ0) is 23.4. The molecule has 0 radical (unpaired) electrons. The lowest BCUT2D eigenvalue weighted by molar-refractivity contribution is -0.121. The smallest absolute Gasteiger partial charge is 0.240 e. The van der Waals surface area contributed by atoms with E-state index in [0.717, 1.165) is 35.5 Å². The Morgan fingerprint density at radius 3 is 1.55 bits per heavy atom. The number of hydrogen-bond donors (Lipinski definition) is 2. The lowest BCUT2D eigenvalue weighted by Crippen LogP contribution is -2.17. The highest BCUT2D eigenvalue weighted by Crippen LogP contribution is 2.08. The van der Waals surface area contributed by atoms with Crippen molar-refractivity contribution >= 4 is 48.2 Å². The highest BCUT2D eigenvalue weighted by Gasteiger charge is 2.01. The number of carbonyl (C=O) groups excluding carboxylic acids is 2.